The summed E-state index contributed by atoms with van der Waals surface area (Å²) in [5.74, 6) is -2.49. The molecule has 1 aromatic carbocycles. The number of methoxy groups -OCH3 is 1. The first-order chi connectivity index (χ1) is 15.3. The summed E-state index contributed by atoms with van der Waals surface area (Å²) < 4.78 is 20.7. The molecule has 168 valence electrons. The van der Waals surface area contributed by atoms with Crippen molar-refractivity contribution in [2.45, 2.75) is 19.3 Å². The highest BCUT2D eigenvalue weighted by atomic mass is 16.6. The topological polar surface area (TPSA) is 141 Å². The fraction of sp³-hybridized carbons (Fsp3) is 0.364. The first-order valence-corrected chi connectivity index (χ1v) is 9.87. The molecule has 0 fully saturated rings. The van der Waals surface area contributed by atoms with Crippen molar-refractivity contribution in [2.24, 2.45) is 5.73 Å². The van der Waals surface area contributed by atoms with Crippen LogP contribution in [0.2, 0.25) is 0 Å². The second-order valence-electron chi connectivity index (χ2n) is 6.98. The van der Waals surface area contributed by atoms with E-state index in [0.717, 1.165) is 0 Å². The van der Waals surface area contributed by atoms with E-state index < -0.39 is 29.8 Å². The van der Waals surface area contributed by atoms with Crippen LogP contribution in [0.25, 0.3) is 0 Å². The van der Waals surface area contributed by atoms with E-state index in [1.807, 2.05) is 6.07 Å². The number of hydrogen-bond acceptors (Lipinski definition) is 9. The fourth-order valence-electron chi connectivity index (χ4n) is 4.00. The average molecular weight is 441 g/mol. The molecule has 1 aromatic rings. The summed E-state index contributed by atoms with van der Waals surface area (Å²) in [5, 5.41) is 9.96. The van der Waals surface area contributed by atoms with Gasteiger partial charge in [0.2, 0.25) is 11.8 Å². The standard InChI is InChI=1S/C22H23N3O7/c1-4-30-17(26)12-25-16-8-6-5-7-14(16)22(21(25)28)15(11-23)19(24)32-13(2)18(22)20(27)31-10-9-29-3/h5-8H,4,9-10,12,24H2,1-3H3/t22-/m1/s1. The molecule has 10 nitrogen and oxygen atoms in total. The highest BCUT2D eigenvalue weighted by Crippen LogP contribution is 2.54. The van der Waals surface area contributed by atoms with Crippen LogP contribution in [0.1, 0.15) is 19.4 Å². The summed E-state index contributed by atoms with van der Waals surface area (Å²) in [4.78, 5) is 40.5. The van der Waals surface area contributed by atoms with Crippen LogP contribution in [0.4, 0.5) is 5.69 Å². The molecule has 0 unspecified atom stereocenters. The molecule has 1 amide bonds. The number of ether oxygens (including phenoxy) is 4. The smallest absolute Gasteiger partial charge is 0.339 e. The molecule has 3 rings (SSSR count). The molecule has 0 saturated carbocycles. The molecule has 1 spiro atoms. The summed E-state index contributed by atoms with van der Waals surface area (Å²) in [6, 6.07) is 8.48. The number of nitriles is 1. The Hall–Kier alpha value is -3.84. The molecule has 0 aliphatic carbocycles. The minimum Gasteiger partial charge on any atom is -0.465 e. The highest BCUT2D eigenvalue weighted by Gasteiger charge is 2.62. The number of carbonyl (C=O) groups excluding carboxylic acids is 3. The first kappa shape index (κ1) is 22.8. The van der Waals surface area contributed by atoms with E-state index in [4.69, 9.17) is 24.7 Å². The zero-order valence-electron chi connectivity index (χ0n) is 18.0. The lowest BCUT2D eigenvalue weighted by atomic mass is 9.68. The minimum atomic E-state index is -1.92. The van der Waals surface area contributed by atoms with Gasteiger partial charge < -0.3 is 24.7 Å². The van der Waals surface area contributed by atoms with Gasteiger partial charge in [0.05, 0.1) is 13.2 Å². The lowest BCUT2D eigenvalue weighted by molar-refractivity contribution is -0.143. The van der Waals surface area contributed by atoms with Crippen LogP contribution in [0.5, 0.6) is 0 Å². The summed E-state index contributed by atoms with van der Waals surface area (Å²) in [6.07, 6.45) is 0. The van der Waals surface area contributed by atoms with Gasteiger partial charge in [-0.1, -0.05) is 18.2 Å². The number of nitrogens with zero attached hydrogens (tertiary/aromatic N) is 2. The molecule has 2 aliphatic heterocycles. The summed E-state index contributed by atoms with van der Waals surface area (Å²) >= 11 is 0. The summed E-state index contributed by atoms with van der Waals surface area (Å²) in [7, 11) is 1.45. The molecule has 0 bridgehead atoms. The average Bonchev–Trinajstić information content (AvgIpc) is 2.98. The van der Waals surface area contributed by atoms with Crippen molar-refractivity contribution < 1.29 is 33.3 Å². The van der Waals surface area contributed by atoms with Crippen LogP contribution < -0.4 is 10.6 Å². The van der Waals surface area contributed by atoms with E-state index in [1.165, 1.54) is 18.9 Å². The van der Waals surface area contributed by atoms with Gasteiger partial charge in [-0.05, 0) is 19.9 Å². The Labute approximate surface area is 184 Å². The Morgan fingerprint density at radius 1 is 1.25 bits per heavy atom. The number of esters is 2. The number of carbonyl (C=O) groups is 3. The van der Waals surface area contributed by atoms with Crippen molar-refractivity contribution in [3.8, 4) is 6.07 Å². The molecule has 2 aliphatic rings. The zero-order chi connectivity index (χ0) is 23.5. The second kappa shape index (κ2) is 9.11. The maximum absolute atomic E-state index is 13.9. The Bertz CT molecular complexity index is 1070. The van der Waals surface area contributed by atoms with Gasteiger partial charge in [0.1, 0.15) is 36.1 Å². The van der Waals surface area contributed by atoms with Crippen LogP contribution in [-0.4, -0.2) is 51.3 Å². The third-order valence-electron chi connectivity index (χ3n) is 5.21. The number of fused-ring (bicyclic) bond motifs is 2. The number of allylic oxidation sites excluding steroid dienone is 1. The lowest BCUT2D eigenvalue weighted by Crippen LogP contribution is -2.49. The molecule has 32 heavy (non-hydrogen) atoms. The van der Waals surface area contributed by atoms with E-state index in [2.05, 4.69) is 0 Å². The predicted octanol–water partition coefficient (Wildman–Crippen LogP) is 1.02. The van der Waals surface area contributed by atoms with Gasteiger partial charge in [-0.25, -0.2) is 4.79 Å². The van der Waals surface area contributed by atoms with Gasteiger partial charge in [-0.2, -0.15) is 5.26 Å². The molecular weight excluding hydrogens is 418 g/mol. The number of amides is 1. The van der Waals surface area contributed by atoms with Crippen molar-refractivity contribution in [1.82, 2.24) is 0 Å². The van der Waals surface area contributed by atoms with E-state index in [1.54, 1.807) is 31.2 Å². The van der Waals surface area contributed by atoms with E-state index in [9.17, 15) is 19.6 Å². The van der Waals surface area contributed by atoms with Gasteiger partial charge in [0.25, 0.3) is 0 Å². The third kappa shape index (κ3) is 3.46. The summed E-state index contributed by atoms with van der Waals surface area (Å²) in [5.41, 5.74) is 4.30. The van der Waals surface area contributed by atoms with Crippen molar-refractivity contribution in [1.29, 1.82) is 5.26 Å². The maximum atomic E-state index is 13.9. The number of nitrogens with two attached hydrogens (primary N) is 1. The molecule has 0 aromatic heterocycles. The van der Waals surface area contributed by atoms with E-state index in [0.29, 0.717) is 11.3 Å². The third-order valence-corrected chi connectivity index (χ3v) is 5.21. The fourth-order valence-corrected chi connectivity index (χ4v) is 4.00. The quantitative estimate of drug-likeness (QED) is 0.485. The van der Waals surface area contributed by atoms with Gasteiger partial charge in [-0.3, -0.25) is 14.5 Å². The molecular formula is C22H23N3O7. The van der Waals surface area contributed by atoms with Crippen LogP contribution in [0.15, 0.2) is 47.1 Å². The van der Waals surface area contributed by atoms with Crippen LogP contribution in [0, 0.1) is 11.3 Å². The van der Waals surface area contributed by atoms with Crippen molar-refractivity contribution >= 4 is 23.5 Å². The van der Waals surface area contributed by atoms with Crippen LogP contribution in [-0.2, 0) is 38.7 Å². The molecule has 0 radical (unpaired) electrons. The Morgan fingerprint density at radius 2 is 1.97 bits per heavy atom. The number of rotatable bonds is 7. The molecule has 1 atom stereocenters. The Balaban J connectivity index is 2.24. The first-order valence-electron chi connectivity index (χ1n) is 9.87. The molecule has 10 heteroatoms. The largest absolute Gasteiger partial charge is 0.465 e. The van der Waals surface area contributed by atoms with Crippen molar-refractivity contribution in [2.75, 3.05) is 38.4 Å². The number of para-hydroxylation sites is 1. The van der Waals surface area contributed by atoms with E-state index in [-0.39, 0.29) is 42.6 Å². The number of anilines is 1. The highest BCUT2D eigenvalue weighted by molar-refractivity contribution is 6.19. The normalized spacial score (nSPS) is 19.6. The van der Waals surface area contributed by atoms with Crippen molar-refractivity contribution in [3.63, 3.8) is 0 Å². The molecule has 2 N–H and O–H groups in total. The van der Waals surface area contributed by atoms with Crippen molar-refractivity contribution in [3.05, 3.63) is 52.6 Å². The molecule has 2 heterocycles. The molecule has 0 saturated heterocycles. The van der Waals surface area contributed by atoms with Crippen LogP contribution in [0.3, 0.4) is 0 Å². The van der Waals surface area contributed by atoms with E-state index >= 15 is 0 Å². The van der Waals surface area contributed by atoms with Crippen LogP contribution >= 0.6 is 0 Å². The van der Waals surface area contributed by atoms with Gasteiger partial charge >= 0.3 is 11.9 Å². The SMILES string of the molecule is CCOC(=O)CN1C(=O)[C@@]2(C(C#N)=C(N)OC(C)=C2C(=O)OCCOC)c2ccccc21. The number of hydrogen-bond donors (Lipinski definition) is 1. The minimum absolute atomic E-state index is 0.0186. The Kier molecular flexibility index (Phi) is 6.50. The monoisotopic (exact) mass is 441 g/mol. The number of benzene rings is 1. The Morgan fingerprint density at radius 3 is 2.62 bits per heavy atom. The zero-order valence-corrected chi connectivity index (χ0v) is 18.0. The van der Waals surface area contributed by atoms with Gasteiger partial charge in [-0.15, -0.1) is 0 Å². The van der Waals surface area contributed by atoms with Gasteiger partial charge in [0.15, 0.2) is 5.41 Å². The maximum Gasteiger partial charge on any atom is 0.339 e. The predicted molar refractivity (Wildman–Crippen MR) is 111 cm³/mol. The second-order valence-corrected chi connectivity index (χ2v) is 6.98. The van der Waals surface area contributed by atoms with Gasteiger partial charge in [0, 0.05) is 18.4 Å². The lowest BCUT2D eigenvalue weighted by Gasteiger charge is -2.34. The summed E-state index contributed by atoms with van der Waals surface area (Å²) in [6.45, 7) is 2.89.